The molecule has 0 aliphatic carbocycles. The minimum Gasteiger partial charge on any atom is -0.480 e. The van der Waals surface area contributed by atoms with Gasteiger partial charge in [0.2, 0.25) is 17.7 Å². The summed E-state index contributed by atoms with van der Waals surface area (Å²) in [6.07, 6.45) is 5.39. The number of H-pyrrole nitrogens is 2. The number of para-hydroxylation sites is 1. The average molecular weight is 601 g/mol. The number of nitrogens with two attached hydrogens (primary N) is 3. The molecule has 16 heteroatoms. The van der Waals surface area contributed by atoms with Gasteiger partial charge >= 0.3 is 5.97 Å². The van der Waals surface area contributed by atoms with Crippen LogP contribution < -0.4 is 33.2 Å². The summed E-state index contributed by atoms with van der Waals surface area (Å²) in [6, 6.07) is 2.92. The normalized spacial score (nSPS) is 13.9. The fraction of sp³-hybridized carbons (Fsp3) is 0.385. The standard InChI is InChI=1S/C26H36N10O5S/c27-17(5-3-7-31-26(28)29)22(37)34-19(8-14-10-32-18-6-2-1-4-16(14)18)23(38)35-20(9-15-11-30-13-33-15)24(39)36-21(12-42)25(40)41/h1-2,4,6,10-11,13,17,19-21,32,42H,3,5,7-9,12,27H2,(H,30,33)(H,34,37)(H,35,38)(H,36,39)(H,40,41)(H4,28,29,31). The quantitative estimate of drug-likeness (QED) is 0.0397. The van der Waals surface area contributed by atoms with Crippen molar-refractivity contribution in [3.8, 4) is 0 Å². The zero-order valence-electron chi connectivity index (χ0n) is 22.7. The van der Waals surface area contributed by atoms with Gasteiger partial charge in [0.25, 0.3) is 0 Å². The molecule has 0 aliphatic heterocycles. The van der Waals surface area contributed by atoms with E-state index < -0.39 is 47.9 Å². The summed E-state index contributed by atoms with van der Waals surface area (Å²) in [7, 11) is 0. The Hall–Kier alpha value is -4.57. The third-order valence-corrected chi connectivity index (χ3v) is 6.81. The van der Waals surface area contributed by atoms with Crippen LogP contribution in [0.2, 0.25) is 0 Å². The summed E-state index contributed by atoms with van der Waals surface area (Å²) in [5.74, 6) is -3.49. The number of guanidine groups is 1. The predicted octanol–water partition coefficient (Wildman–Crippen LogP) is -1.47. The molecule has 0 aliphatic rings. The van der Waals surface area contributed by atoms with Gasteiger partial charge in [0.05, 0.1) is 12.4 Å². The molecule has 1 aromatic carbocycles. The van der Waals surface area contributed by atoms with E-state index in [1.165, 1.54) is 12.5 Å². The van der Waals surface area contributed by atoms with Gasteiger partial charge < -0.3 is 48.2 Å². The van der Waals surface area contributed by atoms with E-state index in [4.69, 9.17) is 17.2 Å². The number of thiol groups is 1. The first kappa shape index (κ1) is 32.0. The van der Waals surface area contributed by atoms with Gasteiger partial charge in [-0.15, -0.1) is 0 Å². The first-order valence-corrected chi connectivity index (χ1v) is 13.8. The Balaban J connectivity index is 1.82. The van der Waals surface area contributed by atoms with Crippen LogP contribution in [-0.4, -0.2) is 86.2 Å². The molecular weight excluding hydrogens is 564 g/mol. The number of amides is 3. The van der Waals surface area contributed by atoms with Crippen LogP contribution in [0, 0.1) is 0 Å². The highest BCUT2D eigenvalue weighted by molar-refractivity contribution is 7.80. The molecule has 2 heterocycles. The number of aliphatic carboxylic acids is 1. The van der Waals surface area contributed by atoms with Crippen molar-refractivity contribution in [1.29, 1.82) is 0 Å². The molecule has 3 rings (SSSR count). The number of carboxylic acids is 1. The molecule has 226 valence electrons. The molecule has 42 heavy (non-hydrogen) atoms. The number of aliphatic imine (C=N–C) groups is 1. The van der Waals surface area contributed by atoms with Crippen molar-refractivity contribution in [3.05, 3.63) is 54.2 Å². The molecular formula is C26H36N10O5S. The number of carboxylic acid groups (broad SMARTS) is 1. The van der Waals surface area contributed by atoms with E-state index in [0.717, 1.165) is 16.5 Å². The minimum atomic E-state index is -1.28. The zero-order chi connectivity index (χ0) is 30.6. The summed E-state index contributed by atoms with van der Waals surface area (Å²) in [4.78, 5) is 65.1. The second-order valence-electron chi connectivity index (χ2n) is 9.60. The predicted molar refractivity (Wildman–Crippen MR) is 159 cm³/mol. The van der Waals surface area contributed by atoms with Gasteiger partial charge in [-0.05, 0) is 24.5 Å². The van der Waals surface area contributed by atoms with E-state index in [9.17, 15) is 24.3 Å². The lowest BCUT2D eigenvalue weighted by molar-refractivity contribution is -0.141. The number of carbonyl (C=O) groups is 4. The average Bonchev–Trinajstić information content (AvgIpc) is 3.62. The highest BCUT2D eigenvalue weighted by atomic mass is 32.1. The van der Waals surface area contributed by atoms with Gasteiger partial charge in [-0.1, -0.05) is 18.2 Å². The largest absolute Gasteiger partial charge is 0.480 e. The molecule has 4 atom stereocenters. The fourth-order valence-corrected chi connectivity index (χ4v) is 4.46. The van der Waals surface area contributed by atoms with E-state index in [1.807, 2.05) is 24.3 Å². The van der Waals surface area contributed by atoms with Gasteiger partial charge in [0.1, 0.15) is 18.1 Å². The van der Waals surface area contributed by atoms with Crippen LogP contribution in [-0.2, 0) is 32.0 Å². The lowest BCUT2D eigenvalue weighted by Crippen LogP contribution is -2.58. The van der Waals surface area contributed by atoms with Crippen LogP contribution in [0.3, 0.4) is 0 Å². The van der Waals surface area contributed by atoms with E-state index >= 15 is 0 Å². The molecule has 3 aromatic rings. The second-order valence-corrected chi connectivity index (χ2v) is 9.97. The van der Waals surface area contributed by atoms with Crippen molar-refractivity contribution in [2.24, 2.45) is 22.2 Å². The molecule has 0 saturated carbocycles. The summed E-state index contributed by atoms with van der Waals surface area (Å²) < 4.78 is 0. The number of benzene rings is 1. The van der Waals surface area contributed by atoms with Crippen molar-refractivity contribution in [2.45, 2.75) is 49.9 Å². The third kappa shape index (κ3) is 9.24. The van der Waals surface area contributed by atoms with Crippen LogP contribution in [0.5, 0.6) is 0 Å². The highest BCUT2D eigenvalue weighted by Gasteiger charge is 2.31. The Morgan fingerprint density at radius 3 is 2.29 bits per heavy atom. The smallest absolute Gasteiger partial charge is 0.327 e. The van der Waals surface area contributed by atoms with Crippen molar-refractivity contribution in [1.82, 2.24) is 30.9 Å². The van der Waals surface area contributed by atoms with Crippen molar-refractivity contribution in [3.63, 3.8) is 0 Å². The number of aromatic nitrogens is 3. The van der Waals surface area contributed by atoms with Gasteiger partial charge in [-0.2, -0.15) is 12.6 Å². The lowest BCUT2D eigenvalue weighted by atomic mass is 10.0. The SMILES string of the molecule is NC(N)=NCCCC(N)C(=O)NC(Cc1c[nH]c2ccccc12)C(=O)NC(Cc1cnc[nH]1)C(=O)NC(CS)C(=O)O. The lowest BCUT2D eigenvalue weighted by Gasteiger charge is -2.25. The molecule has 0 spiro atoms. The number of nitrogens with one attached hydrogen (secondary N) is 5. The third-order valence-electron chi connectivity index (χ3n) is 6.45. The number of nitrogens with zero attached hydrogens (tertiary/aromatic N) is 2. The Morgan fingerprint density at radius 1 is 0.976 bits per heavy atom. The van der Waals surface area contributed by atoms with Crippen LogP contribution in [0.4, 0.5) is 0 Å². The van der Waals surface area contributed by atoms with Crippen LogP contribution in [0.25, 0.3) is 10.9 Å². The number of imidazole rings is 1. The minimum absolute atomic E-state index is 0.0193. The number of hydrogen-bond acceptors (Lipinski definition) is 8. The molecule has 0 bridgehead atoms. The monoisotopic (exact) mass is 600 g/mol. The second kappa shape index (κ2) is 15.4. The zero-order valence-corrected chi connectivity index (χ0v) is 23.6. The van der Waals surface area contributed by atoms with Crippen molar-refractivity contribution >= 4 is 53.2 Å². The van der Waals surface area contributed by atoms with Crippen molar-refractivity contribution in [2.75, 3.05) is 12.3 Å². The van der Waals surface area contributed by atoms with E-state index in [2.05, 4.69) is 48.5 Å². The van der Waals surface area contributed by atoms with Crippen LogP contribution in [0.1, 0.15) is 24.1 Å². The molecule has 3 amide bonds. The summed E-state index contributed by atoms with van der Waals surface area (Å²) in [5, 5.41) is 18.0. The van der Waals surface area contributed by atoms with Gasteiger partial charge in [-0.25, -0.2) is 9.78 Å². The summed E-state index contributed by atoms with van der Waals surface area (Å²) >= 11 is 3.98. The molecule has 0 saturated heterocycles. The molecule has 0 radical (unpaired) electrons. The topological polar surface area (TPSA) is 259 Å². The molecule has 15 nitrogen and oxygen atoms in total. The van der Waals surface area contributed by atoms with E-state index in [0.29, 0.717) is 12.1 Å². The Bertz CT molecular complexity index is 1390. The number of carbonyl (C=O) groups excluding carboxylic acids is 3. The van der Waals surface area contributed by atoms with E-state index in [1.54, 1.807) is 6.20 Å². The van der Waals surface area contributed by atoms with E-state index in [-0.39, 0.29) is 37.5 Å². The Kier molecular flexibility index (Phi) is 11.7. The maximum Gasteiger partial charge on any atom is 0.327 e. The fourth-order valence-electron chi connectivity index (χ4n) is 4.21. The number of hydrogen-bond donors (Lipinski definition) is 10. The summed E-state index contributed by atoms with van der Waals surface area (Å²) in [5.41, 5.74) is 18.9. The molecule has 4 unspecified atom stereocenters. The number of fused-ring (bicyclic) bond motifs is 1. The van der Waals surface area contributed by atoms with Gasteiger partial charge in [0.15, 0.2) is 5.96 Å². The first-order valence-electron chi connectivity index (χ1n) is 13.2. The maximum absolute atomic E-state index is 13.7. The van der Waals surface area contributed by atoms with Gasteiger partial charge in [-0.3, -0.25) is 19.4 Å². The highest BCUT2D eigenvalue weighted by Crippen LogP contribution is 2.19. The van der Waals surface area contributed by atoms with Crippen LogP contribution >= 0.6 is 12.6 Å². The molecule has 2 aromatic heterocycles. The first-order chi connectivity index (χ1) is 20.1. The Labute approximate surface area is 246 Å². The number of aromatic amines is 2. The molecule has 12 N–H and O–H groups in total. The summed E-state index contributed by atoms with van der Waals surface area (Å²) in [6.45, 7) is 0.288. The molecule has 0 fully saturated rings. The number of rotatable bonds is 16. The maximum atomic E-state index is 13.7. The van der Waals surface area contributed by atoms with Crippen LogP contribution in [0.15, 0.2) is 48.0 Å². The van der Waals surface area contributed by atoms with Crippen molar-refractivity contribution < 1.29 is 24.3 Å². The van der Waals surface area contributed by atoms with Gasteiger partial charge in [0, 0.05) is 54.1 Å². The Morgan fingerprint density at radius 2 is 1.64 bits per heavy atom.